The molecule has 26 heavy (non-hydrogen) atoms. The van der Waals surface area contributed by atoms with Crippen LogP contribution in [0.5, 0.6) is 0 Å². The van der Waals surface area contributed by atoms with Gasteiger partial charge in [0.25, 0.3) is 0 Å². The maximum Gasteiger partial charge on any atom is 0.343 e. The van der Waals surface area contributed by atoms with Crippen molar-refractivity contribution in [3.8, 4) is 0 Å². The van der Waals surface area contributed by atoms with Gasteiger partial charge in [0, 0.05) is 5.75 Å². The fourth-order valence-electron chi connectivity index (χ4n) is 3.75. The molecule has 0 aromatic heterocycles. The molecule has 4 nitrogen and oxygen atoms in total. The van der Waals surface area contributed by atoms with Gasteiger partial charge in [0.15, 0.2) is 11.4 Å². The van der Waals surface area contributed by atoms with Gasteiger partial charge < -0.3 is 9.47 Å². The Hall–Kier alpha value is -1.75. The Balaban J connectivity index is 2.08. The normalized spacial score (nSPS) is 19.2. The van der Waals surface area contributed by atoms with Crippen LogP contribution in [0, 0.1) is 12.3 Å². The zero-order valence-electron chi connectivity index (χ0n) is 15.9. The van der Waals surface area contributed by atoms with Gasteiger partial charge in [-0.15, -0.1) is 0 Å². The number of hydrogen-bond donors (Lipinski definition) is 0. The molecule has 1 aliphatic heterocycles. The van der Waals surface area contributed by atoms with Crippen LogP contribution < -0.4 is 0 Å². The fourth-order valence-corrected chi connectivity index (χ4v) is 4.59. The molecule has 0 bridgehead atoms. The van der Waals surface area contributed by atoms with Crippen molar-refractivity contribution in [3.05, 3.63) is 41.2 Å². The highest BCUT2D eigenvalue weighted by Crippen LogP contribution is 2.49. The van der Waals surface area contributed by atoms with E-state index >= 15 is 0 Å². The first-order valence-electron chi connectivity index (χ1n) is 9.06. The molecule has 0 atom stereocenters. The summed E-state index contributed by atoms with van der Waals surface area (Å²) in [6.07, 6.45) is 5.31. The van der Waals surface area contributed by atoms with E-state index in [0.29, 0.717) is 29.9 Å². The molecule has 1 saturated carbocycles. The Bertz CT molecular complexity index is 757. The summed E-state index contributed by atoms with van der Waals surface area (Å²) in [4.78, 5) is 25.7. The molecule has 140 valence electrons. The maximum absolute atomic E-state index is 12.9. The third kappa shape index (κ3) is 3.29. The van der Waals surface area contributed by atoms with Crippen molar-refractivity contribution >= 4 is 29.3 Å². The molecule has 5 heteroatoms. The molecule has 0 radical (unpaired) electrons. The standard InChI is InChI=1S/C21H26O4S/c1-14-9-5-6-10-15(14)16-17(24-19(23)20(2,3)13-26-4)21(25-18(16)22)11-7-8-12-21/h5-6,9-10H,7-8,11-13H2,1-4H3. The summed E-state index contributed by atoms with van der Waals surface area (Å²) in [7, 11) is 0. The van der Waals surface area contributed by atoms with Crippen molar-refractivity contribution < 1.29 is 19.1 Å². The third-order valence-corrected chi connectivity index (χ3v) is 6.22. The molecule has 0 unspecified atom stereocenters. The monoisotopic (exact) mass is 374 g/mol. The fraction of sp³-hybridized carbons (Fsp3) is 0.524. The predicted molar refractivity (Wildman–Crippen MR) is 104 cm³/mol. The highest BCUT2D eigenvalue weighted by Gasteiger charge is 2.53. The second-order valence-electron chi connectivity index (χ2n) is 7.82. The van der Waals surface area contributed by atoms with Crippen LogP contribution in [0.4, 0.5) is 0 Å². The van der Waals surface area contributed by atoms with Crippen LogP contribution in [0.3, 0.4) is 0 Å². The van der Waals surface area contributed by atoms with Gasteiger partial charge in [-0.25, -0.2) is 4.79 Å². The molecular weight excluding hydrogens is 348 g/mol. The summed E-state index contributed by atoms with van der Waals surface area (Å²) in [6.45, 7) is 5.70. The first-order chi connectivity index (χ1) is 12.3. The van der Waals surface area contributed by atoms with Crippen LogP contribution in [0.2, 0.25) is 0 Å². The number of esters is 2. The van der Waals surface area contributed by atoms with Crippen LogP contribution in [0.25, 0.3) is 5.57 Å². The Labute approximate surface area is 159 Å². The first-order valence-corrected chi connectivity index (χ1v) is 10.5. The van der Waals surface area contributed by atoms with Crippen LogP contribution >= 0.6 is 11.8 Å². The van der Waals surface area contributed by atoms with E-state index in [0.717, 1.165) is 24.0 Å². The molecule has 0 amide bonds. The maximum atomic E-state index is 12.9. The molecule has 1 spiro atoms. The van der Waals surface area contributed by atoms with Gasteiger partial charge in [0.05, 0.1) is 5.41 Å². The lowest BCUT2D eigenvalue weighted by atomic mass is 9.92. The van der Waals surface area contributed by atoms with Crippen molar-refractivity contribution in [1.29, 1.82) is 0 Å². The number of carbonyl (C=O) groups is 2. The Morgan fingerprint density at radius 3 is 2.54 bits per heavy atom. The average Bonchev–Trinajstić information content (AvgIpc) is 3.14. The summed E-state index contributed by atoms with van der Waals surface area (Å²) in [6, 6.07) is 7.66. The molecule has 1 aromatic rings. The second kappa shape index (κ2) is 7.10. The Morgan fingerprint density at radius 1 is 1.27 bits per heavy atom. The quantitative estimate of drug-likeness (QED) is 0.710. The zero-order chi connectivity index (χ0) is 18.9. The topological polar surface area (TPSA) is 52.6 Å². The minimum Gasteiger partial charge on any atom is -0.447 e. The summed E-state index contributed by atoms with van der Waals surface area (Å²) in [5, 5.41) is 0. The molecule has 3 rings (SSSR count). The van der Waals surface area contributed by atoms with E-state index in [1.54, 1.807) is 11.8 Å². The summed E-state index contributed by atoms with van der Waals surface area (Å²) >= 11 is 1.60. The number of hydrogen-bond acceptors (Lipinski definition) is 5. The van der Waals surface area contributed by atoms with E-state index in [1.807, 2.05) is 51.3 Å². The SMILES string of the molecule is CSCC(C)(C)C(=O)OC1=C(c2ccccc2C)C(=O)OC12CCCC2. The lowest BCUT2D eigenvalue weighted by Gasteiger charge is -2.28. The van der Waals surface area contributed by atoms with Crippen LogP contribution in [0.15, 0.2) is 30.0 Å². The molecule has 1 aromatic carbocycles. The molecule has 0 N–H and O–H groups in total. The van der Waals surface area contributed by atoms with Crippen molar-refractivity contribution in [2.75, 3.05) is 12.0 Å². The molecular formula is C21H26O4S. The largest absolute Gasteiger partial charge is 0.447 e. The van der Waals surface area contributed by atoms with E-state index in [1.165, 1.54) is 0 Å². The van der Waals surface area contributed by atoms with E-state index in [-0.39, 0.29) is 11.9 Å². The minimum absolute atomic E-state index is 0.308. The van der Waals surface area contributed by atoms with Gasteiger partial charge in [-0.1, -0.05) is 24.3 Å². The van der Waals surface area contributed by atoms with Crippen molar-refractivity contribution in [1.82, 2.24) is 0 Å². The van der Waals surface area contributed by atoms with E-state index in [4.69, 9.17) is 9.47 Å². The second-order valence-corrected chi connectivity index (χ2v) is 8.68. The van der Waals surface area contributed by atoms with Gasteiger partial charge >= 0.3 is 11.9 Å². The number of rotatable bonds is 5. The highest BCUT2D eigenvalue weighted by atomic mass is 32.2. The Kier molecular flexibility index (Phi) is 5.20. The minimum atomic E-state index is -0.778. The molecule has 0 saturated heterocycles. The van der Waals surface area contributed by atoms with Gasteiger partial charge in [0.1, 0.15) is 5.57 Å². The lowest BCUT2D eigenvalue weighted by molar-refractivity contribution is -0.156. The smallest absolute Gasteiger partial charge is 0.343 e. The number of aryl methyl sites for hydroxylation is 1. The molecule has 1 heterocycles. The third-order valence-electron chi connectivity index (χ3n) is 5.21. The van der Waals surface area contributed by atoms with Gasteiger partial charge in [-0.05, 0) is 63.8 Å². The van der Waals surface area contributed by atoms with Crippen molar-refractivity contribution in [2.24, 2.45) is 5.41 Å². The first kappa shape index (κ1) is 19.0. The molecule has 1 aliphatic carbocycles. The van der Waals surface area contributed by atoms with E-state index in [9.17, 15) is 9.59 Å². The number of thioether (sulfide) groups is 1. The summed E-state index contributed by atoms with van der Waals surface area (Å²) < 4.78 is 11.8. The van der Waals surface area contributed by atoms with E-state index in [2.05, 4.69) is 0 Å². The Morgan fingerprint density at radius 2 is 1.92 bits per heavy atom. The highest BCUT2D eigenvalue weighted by molar-refractivity contribution is 7.98. The predicted octanol–water partition coefficient (Wildman–Crippen LogP) is 4.51. The summed E-state index contributed by atoms with van der Waals surface area (Å²) in [5.41, 5.74) is 0.755. The van der Waals surface area contributed by atoms with Crippen LogP contribution in [-0.4, -0.2) is 29.5 Å². The number of benzene rings is 1. The van der Waals surface area contributed by atoms with Crippen molar-refractivity contribution in [2.45, 2.75) is 52.1 Å². The zero-order valence-corrected chi connectivity index (χ0v) is 16.7. The van der Waals surface area contributed by atoms with Gasteiger partial charge in [-0.2, -0.15) is 11.8 Å². The van der Waals surface area contributed by atoms with E-state index < -0.39 is 11.0 Å². The molecule has 2 aliphatic rings. The van der Waals surface area contributed by atoms with Crippen LogP contribution in [0.1, 0.15) is 50.7 Å². The van der Waals surface area contributed by atoms with Crippen LogP contribution in [-0.2, 0) is 19.1 Å². The average molecular weight is 375 g/mol. The lowest BCUT2D eigenvalue weighted by Crippen LogP contribution is -2.35. The molecule has 1 fully saturated rings. The van der Waals surface area contributed by atoms with Gasteiger partial charge in [-0.3, -0.25) is 4.79 Å². The number of ether oxygens (including phenoxy) is 2. The number of carbonyl (C=O) groups excluding carboxylic acids is 2. The summed E-state index contributed by atoms with van der Waals surface area (Å²) in [5.74, 6) is 0.387. The van der Waals surface area contributed by atoms with Gasteiger partial charge in [0.2, 0.25) is 0 Å². The van der Waals surface area contributed by atoms with Crippen molar-refractivity contribution in [3.63, 3.8) is 0 Å².